The number of carbonyl (C=O) groups excluding carboxylic acids is 1. The number of amidine groups is 1. The molecule has 36 heavy (non-hydrogen) atoms. The van der Waals surface area contributed by atoms with Crippen LogP contribution in [0.1, 0.15) is 22.4 Å². The van der Waals surface area contributed by atoms with Crippen LogP contribution < -0.4 is 9.64 Å². The summed E-state index contributed by atoms with van der Waals surface area (Å²) in [4.78, 5) is 25.0. The first kappa shape index (κ1) is 23.6. The number of aliphatic imine (C=N–C) groups is 1. The fraction of sp³-hybridized carbons (Fsp3) is 0.100. The van der Waals surface area contributed by atoms with Crippen LogP contribution in [0.5, 0.6) is 5.75 Å². The number of thioether (sulfide) groups is 1. The van der Waals surface area contributed by atoms with Crippen LogP contribution in [0.25, 0.3) is 6.08 Å². The molecule has 1 saturated heterocycles. The summed E-state index contributed by atoms with van der Waals surface area (Å²) in [6, 6.07) is 31.2. The molecule has 0 unspecified atom stereocenters. The lowest BCUT2D eigenvalue weighted by Gasteiger charge is -2.15. The Morgan fingerprint density at radius 1 is 0.889 bits per heavy atom. The maximum Gasteiger partial charge on any atom is 0.271 e. The van der Waals surface area contributed by atoms with E-state index in [0.717, 1.165) is 28.3 Å². The number of carbonyl (C=O) groups is 1. The molecule has 0 saturated carbocycles. The average Bonchev–Trinajstić information content (AvgIpc) is 3.19. The molecule has 2 heterocycles. The van der Waals surface area contributed by atoms with Gasteiger partial charge in [-0.2, -0.15) is 0 Å². The minimum Gasteiger partial charge on any atom is -0.488 e. The molecule has 1 fully saturated rings. The quantitative estimate of drug-likeness (QED) is 0.270. The molecule has 0 aliphatic carbocycles. The van der Waals surface area contributed by atoms with Crippen molar-refractivity contribution in [2.45, 2.75) is 20.5 Å². The second-order valence-electron chi connectivity index (χ2n) is 8.43. The molecule has 1 aliphatic rings. The van der Waals surface area contributed by atoms with Crippen LogP contribution in [-0.2, 0) is 11.4 Å². The van der Waals surface area contributed by atoms with Crippen LogP contribution in [-0.4, -0.2) is 16.1 Å². The minimum atomic E-state index is -0.133. The van der Waals surface area contributed by atoms with Crippen molar-refractivity contribution in [1.29, 1.82) is 0 Å². The minimum absolute atomic E-state index is 0.133. The van der Waals surface area contributed by atoms with Gasteiger partial charge in [0.1, 0.15) is 12.4 Å². The molecule has 3 aromatic carbocycles. The first-order valence-electron chi connectivity index (χ1n) is 11.7. The van der Waals surface area contributed by atoms with E-state index in [1.54, 1.807) is 4.90 Å². The molecule has 1 aromatic heterocycles. The van der Waals surface area contributed by atoms with E-state index < -0.39 is 0 Å². The molecule has 0 atom stereocenters. The molecule has 1 aliphatic heterocycles. The van der Waals surface area contributed by atoms with Crippen molar-refractivity contribution in [2.24, 2.45) is 4.99 Å². The molecule has 0 radical (unpaired) electrons. The van der Waals surface area contributed by atoms with Gasteiger partial charge in [-0.15, -0.1) is 0 Å². The summed E-state index contributed by atoms with van der Waals surface area (Å²) in [7, 11) is 0. The first-order valence-corrected chi connectivity index (χ1v) is 12.5. The highest BCUT2D eigenvalue weighted by Gasteiger charge is 2.35. The van der Waals surface area contributed by atoms with E-state index in [0.29, 0.717) is 22.5 Å². The molecule has 1 amide bonds. The summed E-state index contributed by atoms with van der Waals surface area (Å²) in [6.07, 6.45) is 1.87. The topological polar surface area (TPSA) is 54.8 Å². The third-order valence-electron chi connectivity index (χ3n) is 5.63. The molecule has 5 rings (SSSR count). The number of pyridine rings is 1. The third-order valence-corrected chi connectivity index (χ3v) is 6.59. The van der Waals surface area contributed by atoms with E-state index in [-0.39, 0.29) is 5.91 Å². The Bertz CT molecular complexity index is 1450. The van der Waals surface area contributed by atoms with Crippen molar-refractivity contribution in [3.8, 4) is 5.75 Å². The van der Waals surface area contributed by atoms with Crippen LogP contribution in [0.15, 0.2) is 107 Å². The zero-order valence-electron chi connectivity index (χ0n) is 20.1. The number of nitrogens with zero attached hydrogens (tertiary/aromatic N) is 3. The molecule has 0 N–H and O–H groups in total. The van der Waals surface area contributed by atoms with Gasteiger partial charge in [-0.25, -0.2) is 9.98 Å². The SMILES string of the molecule is Cc1ccc(COc2ccccc2/C=C2\S/C(=N/c3cccc(C)n3)N(c3ccccc3)C2=O)cc1. The van der Waals surface area contributed by atoms with Crippen molar-refractivity contribution >= 4 is 40.4 Å². The number of amides is 1. The van der Waals surface area contributed by atoms with Crippen LogP contribution in [0.4, 0.5) is 11.5 Å². The second kappa shape index (κ2) is 10.6. The number of rotatable bonds is 6. The zero-order valence-corrected chi connectivity index (χ0v) is 20.9. The van der Waals surface area contributed by atoms with Crippen molar-refractivity contribution in [1.82, 2.24) is 4.98 Å². The maximum absolute atomic E-state index is 13.6. The number of para-hydroxylation sites is 2. The Morgan fingerprint density at radius 3 is 2.42 bits per heavy atom. The molecule has 0 spiro atoms. The van der Waals surface area contributed by atoms with E-state index in [4.69, 9.17) is 9.73 Å². The highest BCUT2D eigenvalue weighted by molar-refractivity contribution is 8.19. The fourth-order valence-corrected chi connectivity index (χ4v) is 4.74. The van der Waals surface area contributed by atoms with Gasteiger partial charge in [0.15, 0.2) is 11.0 Å². The smallest absolute Gasteiger partial charge is 0.271 e. The lowest BCUT2D eigenvalue weighted by atomic mass is 10.1. The largest absolute Gasteiger partial charge is 0.488 e. The van der Waals surface area contributed by atoms with Gasteiger partial charge in [0, 0.05) is 11.3 Å². The molecule has 6 heteroatoms. The number of hydrogen-bond donors (Lipinski definition) is 0. The summed E-state index contributed by atoms with van der Waals surface area (Å²) in [5, 5.41) is 0.564. The Morgan fingerprint density at radius 2 is 1.64 bits per heavy atom. The van der Waals surface area contributed by atoms with Crippen LogP contribution in [0.3, 0.4) is 0 Å². The lowest BCUT2D eigenvalue weighted by molar-refractivity contribution is -0.113. The van der Waals surface area contributed by atoms with Gasteiger partial charge in [-0.1, -0.05) is 72.3 Å². The Hall–Kier alpha value is -4.16. The summed E-state index contributed by atoms with van der Waals surface area (Å²) in [5.74, 6) is 1.15. The van der Waals surface area contributed by atoms with Crippen LogP contribution >= 0.6 is 11.8 Å². The first-order chi connectivity index (χ1) is 17.6. The predicted molar refractivity (Wildman–Crippen MR) is 148 cm³/mol. The van der Waals surface area contributed by atoms with E-state index >= 15 is 0 Å². The standard InChI is InChI=1S/C30H25N3O2S/c1-21-15-17-23(18-16-21)20-35-26-13-7-6-10-24(26)19-27-29(34)33(25-11-4-3-5-12-25)30(36-27)32-28-14-8-9-22(2)31-28/h3-19H,20H2,1-2H3/b27-19-,32-30+. The van der Waals surface area contributed by atoms with Gasteiger partial charge in [-0.05, 0) is 67.6 Å². The van der Waals surface area contributed by atoms with Gasteiger partial charge < -0.3 is 4.74 Å². The summed E-state index contributed by atoms with van der Waals surface area (Å²) < 4.78 is 6.14. The fourth-order valence-electron chi connectivity index (χ4n) is 3.76. The normalized spacial score (nSPS) is 15.6. The van der Waals surface area contributed by atoms with Gasteiger partial charge in [0.2, 0.25) is 0 Å². The highest BCUT2D eigenvalue weighted by atomic mass is 32.2. The monoisotopic (exact) mass is 491 g/mol. The van der Waals surface area contributed by atoms with Crippen molar-refractivity contribution < 1.29 is 9.53 Å². The van der Waals surface area contributed by atoms with E-state index in [9.17, 15) is 4.79 Å². The highest BCUT2D eigenvalue weighted by Crippen LogP contribution is 2.38. The predicted octanol–water partition coefficient (Wildman–Crippen LogP) is 7.09. The van der Waals surface area contributed by atoms with Crippen molar-refractivity contribution in [2.75, 3.05) is 4.90 Å². The number of anilines is 1. The molecule has 5 nitrogen and oxygen atoms in total. The molecule has 0 bridgehead atoms. The van der Waals surface area contributed by atoms with Crippen LogP contribution in [0, 0.1) is 13.8 Å². The number of ether oxygens (including phenoxy) is 1. The molecule has 178 valence electrons. The maximum atomic E-state index is 13.6. The summed E-state index contributed by atoms with van der Waals surface area (Å²) in [5.41, 5.74) is 4.76. The zero-order chi connectivity index (χ0) is 24.9. The molecular formula is C30H25N3O2S. The van der Waals surface area contributed by atoms with Crippen molar-refractivity contribution in [3.05, 3.63) is 124 Å². The van der Waals surface area contributed by atoms with E-state index in [1.807, 2.05) is 85.8 Å². The Kier molecular flexibility index (Phi) is 6.96. The van der Waals surface area contributed by atoms with Gasteiger partial charge in [0.05, 0.1) is 10.6 Å². The number of aryl methyl sites for hydroxylation is 2. The van der Waals surface area contributed by atoms with Gasteiger partial charge in [0.25, 0.3) is 5.91 Å². The van der Waals surface area contributed by atoms with Crippen LogP contribution in [0.2, 0.25) is 0 Å². The number of aromatic nitrogens is 1. The molecular weight excluding hydrogens is 466 g/mol. The number of hydrogen-bond acceptors (Lipinski definition) is 5. The van der Waals surface area contributed by atoms with E-state index in [2.05, 4.69) is 36.2 Å². The Balaban J connectivity index is 1.47. The number of benzene rings is 3. The lowest BCUT2D eigenvalue weighted by Crippen LogP contribution is -2.28. The summed E-state index contributed by atoms with van der Waals surface area (Å²) >= 11 is 1.33. The average molecular weight is 492 g/mol. The Labute approximate surface area is 215 Å². The third kappa shape index (κ3) is 5.39. The van der Waals surface area contributed by atoms with Gasteiger partial charge in [-0.3, -0.25) is 9.69 Å². The van der Waals surface area contributed by atoms with Gasteiger partial charge >= 0.3 is 0 Å². The summed E-state index contributed by atoms with van der Waals surface area (Å²) in [6.45, 7) is 4.43. The molecule has 4 aromatic rings. The second-order valence-corrected chi connectivity index (χ2v) is 9.44. The van der Waals surface area contributed by atoms with Crippen molar-refractivity contribution in [3.63, 3.8) is 0 Å². The van der Waals surface area contributed by atoms with E-state index in [1.165, 1.54) is 17.3 Å².